The van der Waals surface area contributed by atoms with Crippen molar-refractivity contribution in [3.05, 3.63) is 15.9 Å². The molecule has 1 saturated carbocycles. The van der Waals surface area contributed by atoms with Gasteiger partial charge in [0.2, 0.25) is 5.82 Å². The quantitative estimate of drug-likeness (QED) is 0.424. The molecule has 0 unspecified atom stereocenters. The Morgan fingerprint density at radius 2 is 2.09 bits per heavy atom. The van der Waals surface area contributed by atoms with E-state index in [4.69, 9.17) is 9.47 Å². The Balaban J connectivity index is 2.32. The van der Waals surface area contributed by atoms with Gasteiger partial charge < -0.3 is 14.8 Å². The molecular weight excluding hydrogens is 288 g/mol. The maximum atomic E-state index is 11.4. The van der Waals surface area contributed by atoms with Crippen LogP contribution in [-0.2, 0) is 4.74 Å². The van der Waals surface area contributed by atoms with E-state index in [9.17, 15) is 10.1 Å². The van der Waals surface area contributed by atoms with Gasteiger partial charge in [-0.05, 0) is 18.8 Å². The van der Waals surface area contributed by atoms with Gasteiger partial charge in [-0.25, -0.2) is 4.98 Å². The van der Waals surface area contributed by atoms with Gasteiger partial charge in [0, 0.05) is 19.6 Å². The van der Waals surface area contributed by atoms with Gasteiger partial charge in [-0.3, -0.25) is 10.1 Å². The summed E-state index contributed by atoms with van der Waals surface area (Å²) in [5.41, 5.74) is -0.207. The molecule has 1 aliphatic rings. The highest BCUT2D eigenvalue weighted by molar-refractivity contribution is 5.62. The summed E-state index contributed by atoms with van der Waals surface area (Å²) in [6.07, 6.45) is 2.03. The third-order valence-corrected chi connectivity index (χ3v) is 3.20. The van der Waals surface area contributed by atoms with Crippen molar-refractivity contribution in [2.45, 2.75) is 32.6 Å². The molecule has 22 heavy (non-hydrogen) atoms. The van der Waals surface area contributed by atoms with Crippen molar-refractivity contribution in [3.8, 4) is 5.88 Å². The van der Waals surface area contributed by atoms with Crippen LogP contribution in [0.2, 0.25) is 0 Å². The fourth-order valence-corrected chi connectivity index (χ4v) is 1.89. The van der Waals surface area contributed by atoms with Crippen molar-refractivity contribution in [1.82, 2.24) is 9.97 Å². The van der Waals surface area contributed by atoms with E-state index in [1.807, 2.05) is 13.8 Å². The van der Waals surface area contributed by atoms with Gasteiger partial charge in [-0.2, -0.15) is 4.98 Å². The lowest BCUT2D eigenvalue weighted by molar-refractivity contribution is -0.385. The Hall–Kier alpha value is -1.96. The van der Waals surface area contributed by atoms with E-state index >= 15 is 0 Å². The molecule has 1 aromatic heterocycles. The maximum Gasteiger partial charge on any atom is 0.372 e. The molecule has 0 radical (unpaired) electrons. The highest BCUT2D eigenvalue weighted by Gasteiger charge is 2.33. The van der Waals surface area contributed by atoms with Crippen LogP contribution in [0.3, 0.4) is 0 Å². The van der Waals surface area contributed by atoms with Crippen LogP contribution >= 0.6 is 0 Å². The summed E-state index contributed by atoms with van der Waals surface area (Å²) in [7, 11) is 1.54. The molecule has 2 rings (SSSR count). The van der Waals surface area contributed by atoms with E-state index in [1.54, 1.807) is 7.11 Å². The number of ether oxygens (including phenoxy) is 2. The molecule has 0 amide bonds. The van der Waals surface area contributed by atoms with Gasteiger partial charge in [-0.1, -0.05) is 13.8 Å². The van der Waals surface area contributed by atoms with Crippen LogP contribution in [0.4, 0.5) is 11.5 Å². The van der Waals surface area contributed by atoms with Gasteiger partial charge in [0.15, 0.2) is 0 Å². The highest BCUT2D eigenvalue weighted by Crippen LogP contribution is 2.42. The van der Waals surface area contributed by atoms with Crippen molar-refractivity contribution in [2.75, 3.05) is 32.2 Å². The molecule has 1 aromatic rings. The van der Waals surface area contributed by atoms with Crippen LogP contribution in [-0.4, -0.2) is 41.8 Å². The lowest BCUT2D eigenvalue weighted by atomic mass is 10.2. The standard InChI is InChI=1S/C14H22N4O4/c1-9(2)8-15-13-11(18(19)20)14(22-7-6-21-3)17-12(16-13)10-4-5-10/h9-10H,4-8H2,1-3H3,(H,15,16,17). The van der Waals surface area contributed by atoms with Crippen molar-refractivity contribution >= 4 is 11.5 Å². The SMILES string of the molecule is COCCOc1nc(C2CC2)nc(NCC(C)C)c1[N+](=O)[O-]. The second-order valence-corrected chi connectivity index (χ2v) is 5.73. The Morgan fingerprint density at radius 3 is 2.64 bits per heavy atom. The summed E-state index contributed by atoms with van der Waals surface area (Å²) in [6.45, 7) is 5.20. The number of aromatic nitrogens is 2. The fourth-order valence-electron chi connectivity index (χ4n) is 1.89. The predicted octanol–water partition coefficient (Wildman–Crippen LogP) is 2.36. The monoisotopic (exact) mass is 310 g/mol. The third kappa shape index (κ3) is 4.27. The van der Waals surface area contributed by atoms with Gasteiger partial charge in [0.25, 0.3) is 5.88 Å². The number of nitrogens with zero attached hydrogens (tertiary/aromatic N) is 3. The first-order chi connectivity index (χ1) is 10.5. The molecular formula is C14H22N4O4. The van der Waals surface area contributed by atoms with E-state index < -0.39 is 4.92 Å². The summed E-state index contributed by atoms with van der Waals surface area (Å²) >= 11 is 0. The molecule has 0 spiro atoms. The summed E-state index contributed by atoms with van der Waals surface area (Å²) in [5, 5.41) is 14.4. The second-order valence-electron chi connectivity index (χ2n) is 5.73. The number of nitrogens with one attached hydrogen (secondary N) is 1. The molecule has 8 nitrogen and oxygen atoms in total. The van der Waals surface area contributed by atoms with Crippen LogP contribution in [0.1, 0.15) is 38.4 Å². The summed E-state index contributed by atoms with van der Waals surface area (Å²) in [6, 6.07) is 0. The average Bonchev–Trinajstić information content (AvgIpc) is 3.29. The van der Waals surface area contributed by atoms with Crippen molar-refractivity contribution < 1.29 is 14.4 Å². The molecule has 8 heteroatoms. The van der Waals surface area contributed by atoms with Gasteiger partial charge >= 0.3 is 5.69 Å². The number of hydrogen-bond acceptors (Lipinski definition) is 7. The van der Waals surface area contributed by atoms with Crippen LogP contribution < -0.4 is 10.1 Å². The minimum atomic E-state index is -0.499. The first kappa shape index (κ1) is 16.4. The zero-order valence-corrected chi connectivity index (χ0v) is 13.2. The largest absolute Gasteiger partial charge is 0.470 e. The smallest absolute Gasteiger partial charge is 0.372 e. The molecule has 1 N–H and O–H groups in total. The maximum absolute atomic E-state index is 11.4. The van der Waals surface area contributed by atoms with E-state index in [2.05, 4.69) is 15.3 Å². The van der Waals surface area contributed by atoms with Crippen molar-refractivity contribution in [2.24, 2.45) is 5.92 Å². The summed E-state index contributed by atoms with van der Waals surface area (Å²) in [5.74, 6) is 1.50. The lowest BCUT2D eigenvalue weighted by Gasteiger charge is -2.12. The molecule has 0 saturated heterocycles. The van der Waals surface area contributed by atoms with E-state index in [1.165, 1.54) is 0 Å². The molecule has 0 aliphatic heterocycles. The highest BCUT2D eigenvalue weighted by atomic mass is 16.6. The molecule has 1 fully saturated rings. The lowest BCUT2D eigenvalue weighted by Crippen LogP contribution is -2.15. The average molecular weight is 310 g/mol. The van der Waals surface area contributed by atoms with Crippen molar-refractivity contribution in [3.63, 3.8) is 0 Å². The Bertz CT molecular complexity index is 532. The molecule has 1 aliphatic carbocycles. The summed E-state index contributed by atoms with van der Waals surface area (Å²) < 4.78 is 10.4. The van der Waals surface area contributed by atoms with Crippen molar-refractivity contribution in [1.29, 1.82) is 0 Å². The van der Waals surface area contributed by atoms with Crippen LogP contribution in [0, 0.1) is 16.0 Å². The Labute approximate surface area is 129 Å². The zero-order valence-electron chi connectivity index (χ0n) is 13.2. The molecule has 1 heterocycles. The van der Waals surface area contributed by atoms with E-state index in [0.717, 1.165) is 12.8 Å². The van der Waals surface area contributed by atoms with Gasteiger partial charge in [0.05, 0.1) is 11.5 Å². The normalized spacial score (nSPS) is 14.2. The molecule has 0 aromatic carbocycles. The van der Waals surface area contributed by atoms with Crippen LogP contribution in [0.5, 0.6) is 5.88 Å². The first-order valence-corrected chi connectivity index (χ1v) is 7.44. The molecule has 0 atom stereocenters. The van der Waals surface area contributed by atoms with Gasteiger partial charge in [-0.15, -0.1) is 0 Å². The molecule has 0 bridgehead atoms. The van der Waals surface area contributed by atoms with E-state index in [0.29, 0.717) is 24.9 Å². The zero-order chi connectivity index (χ0) is 16.1. The van der Waals surface area contributed by atoms with Crippen LogP contribution in [0.15, 0.2) is 0 Å². The Morgan fingerprint density at radius 1 is 1.36 bits per heavy atom. The number of anilines is 1. The topological polar surface area (TPSA) is 99.4 Å². The van der Waals surface area contributed by atoms with Gasteiger partial charge in [0.1, 0.15) is 12.4 Å². The third-order valence-electron chi connectivity index (χ3n) is 3.20. The number of methoxy groups -OCH3 is 1. The number of nitro groups is 1. The minimum absolute atomic E-state index is 0.0187. The second kappa shape index (κ2) is 7.35. The fraction of sp³-hybridized carbons (Fsp3) is 0.714. The minimum Gasteiger partial charge on any atom is -0.470 e. The first-order valence-electron chi connectivity index (χ1n) is 7.44. The van der Waals surface area contributed by atoms with Crippen LogP contribution in [0.25, 0.3) is 0 Å². The summed E-state index contributed by atoms with van der Waals surface area (Å²) in [4.78, 5) is 19.5. The Kier molecular flexibility index (Phi) is 5.48. The predicted molar refractivity (Wildman–Crippen MR) is 81.4 cm³/mol. The number of hydrogen-bond donors (Lipinski definition) is 1. The van der Waals surface area contributed by atoms with E-state index in [-0.39, 0.29) is 29.9 Å². The number of rotatable bonds is 9. The molecule has 122 valence electrons.